The summed E-state index contributed by atoms with van der Waals surface area (Å²) in [6, 6.07) is 6.00. The van der Waals surface area contributed by atoms with Crippen LogP contribution in [0.1, 0.15) is 66.4 Å². The van der Waals surface area contributed by atoms with Crippen molar-refractivity contribution in [3.8, 4) is 11.3 Å². The van der Waals surface area contributed by atoms with Gasteiger partial charge in [-0.3, -0.25) is 4.68 Å². The molecule has 2 atom stereocenters. The van der Waals surface area contributed by atoms with Crippen LogP contribution in [0.4, 0.5) is 8.78 Å². The molecule has 10 heteroatoms. The van der Waals surface area contributed by atoms with Gasteiger partial charge in [0.25, 0.3) is 0 Å². The highest BCUT2D eigenvalue weighted by molar-refractivity contribution is 5.89. The zero-order chi connectivity index (χ0) is 27.2. The van der Waals surface area contributed by atoms with Crippen molar-refractivity contribution in [2.45, 2.75) is 57.3 Å². The highest BCUT2D eigenvalue weighted by Crippen LogP contribution is 2.40. The van der Waals surface area contributed by atoms with Crippen molar-refractivity contribution in [3.63, 3.8) is 0 Å². The van der Waals surface area contributed by atoms with Crippen LogP contribution < -0.4 is 0 Å². The summed E-state index contributed by atoms with van der Waals surface area (Å²) in [5.41, 5.74) is 4.94. The minimum Gasteiger partial charge on any atom is -0.381 e. The Hall–Kier alpha value is -3.34. The summed E-state index contributed by atoms with van der Waals surface area (Å²) in [5, 5.41) is 4.53. The monoisotopic (exact) mass is 547 g/mol. The summed E-state index contributed by atoms with van der Waals surface area (Å²) in [7, 11) is 0. The van der Waals surface area contributed by atoms with Crippen molar-refractivity contribution >= 4 is 11.0 Å². The van der Waals surface area contributed by atoms with Gasteiger partial charge in [0, 0.05) is 47.5 Å². The lowest BCUT2D eigenvalue weighted by atomic mass is 9.89. The van der Waals surface area contributed by atoms with Crippen molar-refractivity contribution in [1.82, 2.24) is 24.7 Å². The van der Waals surface area contributed by atoms with Crippen LogP contribution in [0.3, 0.4) is 0 Å². The quantitative estimate of drug-likeness (QED) is 0.284. The highest BCUT2D eigenvalue weighted by atomic mass is 19.1. The third-order valence-corrected chi connectivity index (χ3v) is 8.05. The van der Waals surface area contributed by atoms with Crippen LogP contribution in [0.15, 0.2) is 36.7 Å². The van der Waals surface area contributed by atoms with E-state index in [-0.39, 0.29) is 24.2 Å². The van der Waals surface area contributed by atoms with Crippen LogP contribution in [-0.2, 0) is 20.8 Å². The Bertz CT molecular complexity index is 1550. The van der Waals surface area contributed by atoms with Gasteiger partial charge in [-0.25, -0.2) is 23.7 Å². The van der Waals surface area contributed by atoms with E-state index in [4.69, 9.17) is 29.2 Å². The maximum Gasteiger partial charge on any atom is 0.135 e. The largest absolute Gasteiger partial charge is 0.381 e. The predicted octanol–water partition coefficient (Wildman–Crippen LogP) is 5.61. The fraction of sp³-hybridized carbons (Fsp3) is 0.467. The molecule has 40 heavy (non-hydrogen) atoms. The summed E-state index contributed by atoms with van der Waals surface area (Å²) in [5.74, 6) is -0.858. The van der Waals surface area contributed by atoms with Crippen molar-refractivity contribution in [1.29, 1.82) is 0 Å². The van der Waals surface area contributed by atoms with Gasteiger partial charge in [-0.2, -0.15) is 5.10 Å². The summed E-state index contributed by atoms with van der Waals surface area (Å²) in [6.07, 6.45) is 7.74. The van der Waals surface area contributed by atoms with Gasteiger partial charge in [-0.05, 0) is 50.8 Å². The fourth-order valence-electron chi connectivity index (χ4n) is 5.47. The first-order valence-corrected chi connectivity index (χ1v) is 14.0. The maximum atomic E-state index is 15.1. The van der Waals surface area contributed by atoms with E-state index in [1.54, 1.807) is 0 Å². The number of hydrogen-bond donors (Lipinski definition) is 0. The number of pyridine rings is 1. The Kier molecular flexibility index (Phi) is 6.77. The molecule has 3 fully saturated rings. The van der Waals surface area contributed by atoms with Crippen molar-refractivity contribution in [2.24, 2.45) is 5.92 Å². The summed E-state index contributed by atoms with van der Waals surface area (Å²) in [6.45, 7) is 4.77. The van der Waals surface area contributed by atoms with Gasteiger partial charge >= 0.3 is 0 Å². The van der Waals surface area contributed by atoms with Crippen LogP contribution in [0, 0.1) is 24.5 Å². The average molecular weight is 548 g/mol. The molecule has 0 spiro atoms. The highest BCUT2D eigenvalue weighted by Gasteiger charge is 2.30. The van der Waals surface area contributed by atoms with Gasteiger partial charge in [0.15, 0.2) is 0 Å². The molecule has 3 aromatic heterocycles. The topological polar surface area (TPSA) is 84.2 Å². The van der Waals surface area contributed by atoms with E-state index in [1.165, 1.54) is 25.0 Å². The number of benzene rings is 1. The lowest BCUT2D eigenvalue weighted by molar-refractivity contribution is -0.0749. The smallest absolute Gasteiger partial charge is 0.135 e. The minimum absolute atomic E-state index is 0.0736. The first-order valence-electron chi connectivity index (χ1n) is 14.0. The van der Waals surface area contributed by atoms with Crippen LogP contribution in [0.5, 0.6) is 0 Å². The second-order valence-corrected chi connectivity index (χ2v) is 11.1. The lowest BCUT2D eigenvalue weighted by Crippen LogP contribution is -2.31. The average Bonchev–Trinajstić information content (AvgIpc) is 3.66. The number of nitrogens with zero attached hydrogens (tertiary/aromatic N) is 5. The first-order chi connectivity index (χ1) is 19.5. The summed E-state index contributed by atoms with van der Waals surface area (Å²) >= 11 is 0. The molecule has 2 aliphatic heterocycles. The Morgan fingerprint density at radius 2 is 1.95 bits per heavy atom. The van der Waals surface area contributed by atoms with Crippen LogP contribution in [0.2, 0.25) is 0 Å². The number of hydrogen-bond acceptors (Lipinski definition) is 7. The third kappa shape index (κ3) is 5.11. The standard InChI is InChI=1S/C30H31F2N5O3/c1-17-27(16-39-15-18-13-38-14-18)36-30-26(34-17)10-25(35-29(30)23-5-2-21(31)9-24(23)32)19-6-7-40-28(8-19)20-11-33-37(12-20)22-3-4-22/h2,5,9-12,18-19,22,28H,3-4,6-8,13-16H2,1H3. The van der Waals surface area contributed by atoms with E-state index in [9.17, 15) is 4.39 Å². The zero-order valence-electron chi connectivity index (χ0n) is 22.4. The Balaban J connectivity index is 1.24. The van der Waals surface area contributed by atoms with Crippen LogP contribution >= 0.6 is 0 Å². The molecule has 4 aromatic rings. The Morgan fingerprint density at radius 3 is 2.73 bits per heavy atom. The molecule has 0 N–H and O–H groups in total. The molecule has 2 saturated heterocycles. The van der Waals surface area contributed by atoms with E-state index >= 15 is 4.39 Å². The number of ether oxygens (including phenoxy) is 3. The third-order valence-electron chi connectivity index (χ3n) is 8.05. The molecule has 3 aliphatic rings. The van der Waals surface area contributed by atoms with Crippen LogP contribution in [-0.4, -0.2) is 51.2 Å². The second-order valence-electron chi connectivity index (χ2n) is 11.1. The van der Waals surface area contributed by atoms with Gasteiger partial charge in [-0.15, -0.1) is 0 Å². The molecule has 7 rings (SSSR count). The van der Waals surface area contributed by atoms with E-state index < -0.39 is 11.6 Å². The van der Waals surface area contributed by atoms with Gasteiger partial charge in [0.05, 0.1) is 61.7 Å². The molecule has 1 aromatic carbocycles. The maximum absolute atomic E-state index is 15.1. The number of fused-ring (bicyclic) bond motifs is 1. The molecule has 0 radical (unpaired) electrons. The molecule has 0 amide bonds. The summed E-state index contributed by atoms with van der Waals surface area (Å²) < 4.78 is 48.2. The fourth-order valence-corrected chi connectivity index (χ4v) is 5.47. The molecule has 8 nitrogen and oxygen atoms in total. The molecule has 5 heterocycles. The van der Waals surface area contributed by atoms with Gasteiger partial charge in [0.1, 0.15) is 22.8 Å². The van der Waals surface area contributed by atoms with Crippen molar-refractivity contribution < 1.29 is 23.0 Å². The first kappa shape index (κ1) is 25.6. The van der Waals surface area contributed by atoms with E-state index in [0.29, 0.717) is 60.8 Å². The van der Waals surface area contributed by atoms with E-state index in [2.05, 4.69) is 11.3 Å². The van der Waals surface area contributed by atoms with Crippen molar-refractivity contribution in [2.75, 3.05) is 26.4 Å². The zero-order valence-corrected chi connectivity index (χ0v) is 22.4. The molecule has 1 saturated carbocycles. The van der Waals surface area contributed by atoms with Gasteiger partial charge in [0.2, 0.25) is 0 Å². The van der Waals surface area contributed by atoms with Crippen molar-refractivity contribution in [3.05, 3.63) is 70.9 Å². The second kappa shape index (κ2) is 10.6. The molecule has 2 unspecified atom stereocenters. The Morgan fingerprint density at radius 1 is 1.07 bits per heavy atom. The van der Waals surface area contributed by atoms with E-state index in [0.717, 1.165) is 35.9 Å². The Labute approximate surface area is 230 Å². The summed E-state index contributed by atoms with van der Waals surface area (Å²) in [4.78, 5) is 14.7. The molecule has 208 valence electrons. The van der Waals surface area contributed by atoms with Crippen LogP contribution in [0.25, 0.3) is 22.3 Å². The number of halogens is 2. The normalized spacial score (nSPS) is 21.6. The molecular weight excluding hydrogens is 516 g/mol. The lowest BCUT2D eigenvalue weighted by Gasteiger charge is -2.29. The minimum atomic E-state index is -0.687. The van der Waals surface area contributed by atoms with E-state index in [1.807, 2.05) is 23.9 Å². The van der Waals surface area contributed by atoms with Gasteiger partial charge < -0.3 is 14.2 Å². The predicted molar refractivity (Wildman–Crippen MR) is 143 cm³/mol. The number of aromatic nitrogens is 5. The molecule has 1 aliphatic carbocycles. The SMILES string of the molecule is Cc1nc2cc(C3CCOC(c4cnn(C5CC5)c4)C3)nc(-c3ccc(F)cc3F)c2nc1COCC1COC1. The number of rotatable bonds is 8. The number of aryl methyl sites for hydroxylation is 1. The van der Waals surface area contributed by atoms with Gasteiger partial charge in [-0.1, -0.05) is 0 Å². The molecular formula is C30H31F2N5O3. The molecule has 0 bridgehead atoms.